The van der Waals surface area contributed by atoms with Crippen molar-refractivity contribution in [3.05, 3.63) is 39.4 Å². The number of hydrogen-bond acceptors (Lipinski definition) is 4. The standard InChI is InChI=1S/C16H23N3O3.ClH/c1-12-3-4-14(19(21)22)11-15(12)16(20)18-9-6-13(7-10-18)5-8-17-2;/h3-4,11,13,17H,5-10H2,1-2H3;1H. The average Bonchev–Trinajstić information content (AvgIpc) is 2.53. The van der Waals surface area contributed by atoms with E-state index in [1.165, 1.54) is 12.1 Å². The van der Waals surface area contributed by atoms with Crippen LogP contribution in [0.15, 0.2) is 18.2 Å². The Hall–Kier alpha value is -1.66. The van der Waals surface area contributed by atoms with E-state index >= 15 is 0 Å². The molecule has 0 unspecified atom stereocenters. The largest absolute Gasteiger partial charge is 0.339 e. The van der Waals surface area contributed by atoms with Gasteiger partial charge < -0.3 is 10.2 Å². The molecule has 0 saturated carbocycles. The second-order valence-corrected chi connectivity index (χ2v) is 5.88. The zero-order chi connectivity index (χ0) is 16.1. The molecule has 1 saturated heterocycles. The molecule has 23 heavy (non-hydrogen) atoms. The first-order valence-electron chi connectivity index (χ1n) is 7.72. The molecule has 0 atom stereocenters. The molecule has 0 bridgehead atoms. The van der Waals surface area contributed by atoms with Crippen LogP contribution in [0.3, 0.4) is 0 Å². The second-order valence-electron chi connectivity index (χ2n) is 5.88. The number of carbonyl (C=O) groups is 1. The number of aryl methyl sites for hydroxylation is 1. The number of likely N-dealkylation sites (tertiary alicyclic amines) is 1. The Bertz CT molecular complexity index is 558. The maximum Gasteiger partial charge on any atom is 0.270 e. The van der Waals surface area contributed by atoms with Gasteiger partial charge in [0.15, 0.2) is 0 Å². The minimum atomic E-state index is -0.458. The molecule has 1 N–H and O–H groups in total. The Morgan fingerprint density at radius 3 is 2.61 bits per heavy atom. The molecule has 6 nitrogen and oxygen atoms in total. The molecular formula is C16H24ClN3O3. The number of non-ortho nitro benzene ring substituents is 1. The first-order chi connectivity index (χ1) is 10.5. The summed E-state index contributed by atoms with van der Waals surface area (Å²) in [4.78, 5) is 24.9. The van der Waals surface area contributed by atoms with E-state index in [9.17, 15) is 14.9 Å². The third-order valence-electron chi connectivity index (χ3n) is 4.37. The van der Waals surface area contributed by atoms with Crippen LogP contribution in [0.1, 0.15) is 35.2 Å². The van der Waals surface area contributed by atoms with Crippen molar-refractivity contribution in [3.8, 4) is 0 Å². The summed E-state index contributed by atoms with van der Waals surface area (Å²) in [5, 5.41) is 14.0. The number of nitro groups is 1. The summed E-state index contributed by atoms with van der Waals surface area (Å²) < 4.78 is 0. The minimum Gasteiger partial charge on any atom is -0.339 e. The van der Waals surface area contributed by atoms with Gasteiger partial charge in [0.2, 0.25) is 0 Å². The van der Waals surface area contributed by atoms with Gasteiger partial charge in [0.25, 0.3) is 11.6 Å². The van der Waals surface area contributed by atoms with Gasteiger partial charge in [-0.2, -0.15) is 0 Å². The summed E-state index contributed by atoms with van der Waals surface area (Å²) in [5.74, 6) is 0.566. The van der Waals surface area contributed by atoms with E-state index in [4.69, 9.17) is 0 Å². The molecular weight excluding hydrogens is 318 g/mol. The maximum atomic E-state index is 12.6. The first-order valence-corrected chi connectivity index (χ1v) is 7.72. The van der Waals surface area contributed by atoms with Gasteiger partial charge in [-0.05, 0) is 51.3 Å². The number of benzene rings is 1. The lowest BCUT2D eigenvalue weighted by Gasteiger charge is -2.32. The molecule has 0 aliphatic carbocycles. The first kappa shape index (κ1) is 19.4. The Labute approximate surface area is 142 Å². The zero-order valence-electron chi connectivity index (χ0n) is 13.6. The van der Waals surface area contributed by atoms with Crippen molar-refractivity contribution in [2.24, 2.45) is 5.92 Å². The summed E-state index contributed by atoms with van der Waals surface area (Å²) in [5.41, 5.74) is 1.20. The van der Waals surface area contributed by atoms with Crippen molar-refractivity contribution < 1.29 is 9.72 Å². The van der Waals surface area contributed by atoms with Crippen LogP contribution >= 0.6 is 12.4 Å². The fourth-order valence-electron chi connectivity index (χ4n) is 2.90. The lowest BCUT2D eigenvalue weighted by molar-refractivity contribution is -0.384. The molecule has 7 heteroatoms. The predicted octanol–water partition coefficient (Wildman–Crippen LogP) is 2.79. The van der Waals surface area contributed by atoms with Crippen molar-refractivity contribution in [2.45, 2.75) is 26.2 Å². The molecule has 0 spiro atoms. The number of nitro benzene ring substituents is 1. The maximum absolute atomic E-state index is 12.6. The number of rotatable bonds is 5. The molecule has 1 aromatic carbocycles. The highest BCUT2D eigenvalue weighted by Crippen LogP contribution is 2.24. The number of piperidine rings is 1. The molecule has 1 aliphatic rings. The van der Waals surface area contributed by atoms with Crippen LogP contribution in [0.2, 0.25) is 0 Å². The van der Waals surface area contributed by atoms with Crippen molar-refractivity contribution in [1.29, 1.82) is 0 Å². The normalized spacial score (nSPS) is 15.1. The third kappa shape index (κ3) is 4.91. The Balaban J connectivity index is 0.00000264. The monoisotopic (exact) mass is 341 g/mol. The van der Waals surface area contributed by atoms with Gasteiger partial charge in [0.1, 0.15) is 0 Å². The van der Waals surface area contributed by atoms with Crippen LogP contribution < -0.4 is 5.32 Å². The van der Waals surface area contributed by atoms with E-state index in [2.05, 4.69) is 5.32 Å². The van der Waals surface area contributed by atoms with Gasteiger partial charge in [0.05, 0.1) is 4.92 Å². The van der Waals surface area contributed by atoms with Gasteiger partial charge >= 0.3 is 0 Å². The van der Waals surface area contributed by atoms with Crippen LogP contribution in [0, 0.1) is 23.0 Å². The van der Waals surface area contributed by atoms with Gasteiger partial charge in [-0.15, -0.1) is 12.4 Å². The Morgan fingerprint density at radius 2 is 2.04 bits per heavy atom. The Morgan fingerprint density at radius 1 is 1.39 bits per heavy atom. The van der Waals surface area contributed by atoms with Gasteiger partial charge in [-0.25, -0.2) is 0 Å². The fourth-order valence-corrected chi connectivity index (χ4v) is 2.90. The van der Waals surface area contributed by atoms with E-state index < -0.39 is 4.92 Å². The molecule has 1 amide bonds. The number of hydrogen-bond donors (Lipinski definition) is 1. The zero-order valence-corrected chi connectivity index (χ0v) is 14.4. The number of nitrogens with zero attached hydrogens (tertiary/aromatic N) is 2. The summed E-state index contributed by atoms with van der Waals surface area (Å²) in [6.45, 7) is 4.28. The van der Waals surface area contributed by atoms with Crippen LogP contribution in [-0.2, 0) is 0 Å². The molecule has 1 fully saturated rings. The van der Waals surface area contributed by atoms with Gasteiger partial charge in [0, 0.05) is 30.8 Å². The smallest absolute Gasteiger partial charge is 0.270 e. The van der Waals surface area contributed by atoms with Crippen LogP contribution in [0.5, 0.6) is 0 Å². The number of carbonyl (C=O) groups excluding carboxylic acids is 1. The van der Waals surface area contributed by atoms with E-state index in [1.807, 2.05) is 18.9 Å². The van der Waals surface area contributed by atoms with E-state index in [0.29, 0.717) is 11.5 Å². The van der Waals surface area contributed by atoms with E-state index in [1.54, 1.807) is 6.07 Å². The minimum absolute atomic E-state index is 0. The highest BCUT2D eigenvalue weighted by atomic mass is 35.5. The number of halogens is 1. The number of nitrogens with one attached hydrogen (secondary N) is 1. The average molecular weight is 342 g/mol. The summed E-state index contributed by atoms with van der Waals surface area (Å²) in [6, 6.07) is 4.48. The van der Waals surface area contributed by atoms with Crippen LogP contribution in [-0.4, -0.2) is 42.4 Å². The lowest BCUT2D eigenvalue weighted by atomic mass is 9.93. The van der Waals surface area contributed by atoms with Crippen molar-refractivity contribution in [2.75, 3.05) is 26.7 Å². The molecule has 128 valence electrons. The molecule has 1 aliphatic heterocycles. The fraction of sp³-hybridized carbons (Fsp3) is 0.562. The van der Waals surface area contributed by atoms with Crippen LogP contribution in [0.4, 0.5) is 5.69 Å². The van der Waals surface area contributed by atoms with Crippen molar-refractivity contribution >= 4 is 24.0 Å². The van der Waals surface area contributed by atoms with E-state index in [0.717, 1.165) is 44.5 Å². The van der Waals surface area contributed by atoms with Crippen molar-refractivity contribution in [1.82, 2.24) is 10.2 Å². The quantitative estimate of drug-likeness (QED) is 0.660. The second kappa shape index (κ2) is 8.84. The van der Waals surface area contributed by atoms with Gasteiger partial charge in [-0.1, -0.05) is 6.07 Å². The predicted molar refractivity (Wildman–Crippen MR) is 92.3 cm³/mol. The summed E-state index contributed by atoms with van der Waals surface area (Å²) in [7, 11) is 1.95. The number of amides is 1. The van der Waals surface area contributed by atoms with E-state index in [-0.39, 0.29) is 24.0 Å². The highest BCUT2D eigenvalue weighted by molar-refractivity contribution is 5.96. The molecule has 2 rings (SSSR count). The lowest BCUT2D eigenvalue weighted by Crippen LogP contribution is -2.39. The SMILES string of the molecule is CNCCC1CCN(C(=O)c2cc([N+](=O)[O-])ccc2C)CC1.Cl. The van der Waals surface area contributed by atoms with Gasteiger partial charge in [-0.3, -0.25) is 14.9 Å². The molecule has 0 radical (unpaired) electrons. The topological polar surface area (TPSA) is 75.5 Å². The van der Waals surface area contributed by atoms with Crippen LogP contribution in [0.25, 0.3) is 0 Å². The highest BCUT2D eigenvalue weighted by Gasteiger charge is 2.25. The molecule has 1 heterocycles. The summed E-state index contributed by atoms with van der Waals surface area (Å²) >= 11 is 0. The summed E-state index contributed by atoms with van der Waals surface area (Å²) in [6.07, 6.45) is 3.14. The van der Waals surface area contributed by atoms with Crippen molar-refractivity contribution in [3.63, 3.8) is 0 Å². The molecule has 1 aromatic rings. The third-order valence-corrected chi connectivity index (χ3v) is 4.37. The molecule has 0 aromatic heterocycles. The Kier molecular flexibility index (Phi) is 7.45.